The van der Waals surface area contributed by atoms with Gasteiger partial charge in [0.15, 0.2) is 0 Å². The van der Waals surface area contributed by atoms with Crippen LogP contribution in [0.4, 0.5) is 16.3 Å². The van der Waals surface area contributed by atoms with Crippen LogP contribution in [0.2, 0.25) is 0 Å². The Kier molecular flexibility index (Phi) is 4.24. The summed E-state index contributed by atoms with van der Waals surface area (Å²) in [4.78, 5) is 11.9. The monoisotopic (exact) mass is 308 g/mol. The van der Waals surface area contributed by atoms with E-state index in [2.05, 4.69) is 15.7 Å². The van der Waals surface area contributed by atoms with Crippen molar-refractivity contribution in [3.8, 4) is 11.5 Å². The van der Waals surface area contributed by atoms with E-state index in [1.165, 1.54) is 0 Å². The van der Waals surface area contributed by atoms with E-state index >= 15 is 0 Å². The Morgan fingerprint density at radius 2 is 1.65 bits per heavy atom. The van der Waals surface area contributed by atoms with Crippen LogP contribution in [0.15, 0.2) is 66.9 Å². The molecule has 0 aliphatic carbocycles. The molecule has 0 unspecified atom stereocenters. The molecule has 0 fully saturated rings. The summed E-state index contributed by atoms with van der Waals surface area (Å²) in [6, 6.07) is 18.1. The van der Waals surface area contributed by atoms with Crippen molar-refractivity contribution in [2.75, 3.05) is 10.6 Å². The minimum atomic E-state index is -0.328. The Labute approximate surface area is 133 Å². The molecule has 0 aliphatic rings. The second-order valence-corrected chi connectivity index (χ2v) is 4.86. The number of para-hydroxylation sites is 1. The fourth-order valence-electron chi connectivity index (χ4n) is 2.01. The summed E-state index contributed by atoms with van der Waals surface area (Å²) in [7, 11) is 1.76. The van der Waals surface area contributed by atoms with Crippen LogP contribution in [-0.2, 0) is 7.05 Å². The Bertz CT molecular complexity index is 782. The number of carbonyl (C=O) groups excluding carboxylic acids is 1. The standard InChI is InChI=1S/C17H16N4O2/c1-21-16(11-12-18-21)20-17(22)19-13-7-9-15(10-8-13)23-14-5-3-2-4-6-14/h2-12H,1H3,(H2,19,20,22). The van der Waals surface area contributed by atoms with Gasteiger partial charge >= 0.3 is 6.03 Å². The maximum atomic E-state index is 11.9. The van der Waals surface area contributed by atoms with E-state index < -0.39 is 0 Å². The summed E-state index contributed by atoms with van der Waals surface area (Å²) >= 11 is 0. The van der Waals surface area contributed by atoms with Gasteiger partial charge in [0.25, 0.3) is 0 Å². The molecule has 0 radical (unpaired) electrons. The highest BCUT2D eigenvalue weighted by atomic mass is 16.5. The first-order valence-electron chi connectivity index (χ1n) is 7.10. The number of ether oxygens (including phenoxy) is 1. The Hall–Kier alpha value is -3.28. The zero-order chi connectivity index (χ0) is 16.1. The molecule has 0 saturated heterocycles. The molecule has 0 bridgehead atoms. The molecule has 0 saturated carbocycles. The van der Waals surface area contributed by atoms with E-state index in [0.717, 1.165) is 5.75 Å². The number of carbonyl (C=O) groups is 1. The van der Waals surface area contributed by atoms with E-state index in [0.29, 0.717) is 17.3 Å². The molecule has 0 spiro atoms. The van der Waals surface area contributed by atoms with Gasteiger partial charge in [0.05, 0.1) is 6.20 Å². The number of urea groups is 1. The third kappa shape index (κ3) is 3.88. The molecule has 1 heterocycles. The summed E-state index contributed by atoms with van der Waals surface area (Å²) in [6.07, 6.45) is 1.62. The average molecular weight is 308 g/mol. The van der Waals surface area contributed by atoms with Gasteiger partial charge in [0.1, 0.15) is 17.3 Å². The van der Waals surface area contributed by atoms with Gasteiger partial charge in [-0.25, -0.2) is 4.79 Å². The van der Waals surface area contributed by atoms with Crippen LogP contribution in [0.1, 0.15) is 0 Å². The highest BCUT2D eigenvalue weighted by molar-refractivity contribution is 5.99. The Morgan fingerprint density at radius 1 is 0.957 bits per heavy atom. The van der Waals surface area contributed by atoms with E-state index in [4.69, 9.17) is 4.74 Å². The average Bonchev–Trinajstić information content (AvgIpc) is 2.95. The second kappa shape index (κ2) is 6.65. The van der Waals surface area contributed by atoms with Crippen LogP contribution in [0.5, 0.6) is 11.5 Å². The number of hydrogen-bond donors (Lipinski definition) is 2. The number of nitrogens with zero attached hydrogens (tertiary/aromatic N) is 2. The minimum absolute atomic E-state index is 0.328. The maximum absolute atomic E-state index is 11.9. The summed E-state index contributed by atoms with van der Waals surface area (Å²) in [5.41, 5.74) is 0.671. The topological polar surface area (TPSA) is 68.2 Å². The van der Waals surface area contributed by atoms with Gasteiger partial charge in [0, 0.05) is 18.8 Å². The molecule has 0 atom stereocenters. The number of aryl methyl sites for hydroxylation is 1. The number of rotatable bonds is 4. The molecule has 2 amide bonds. The molecule has 3 aromatic rings. The number of hydrogen-bond acceptors (Lipinski definition) is 3. The molecule has 6 heteroatoms. The molecule has 2 aromatic carbocycles. The summed E-state index contributed by atoms with van der Waals surface area (Å²) in [5.74, 6) is 2.09. The van der Waals surface area contributed by atoms with Crippen molar-refractivity contribution in [3.05, 3.63) is 66.9 Å². The lowest BCUT2D eigenvalue weighted by molar-refractivity contribution is 0.262. The summed E-state index contributed by atoms with van der Waals surface area (Å²) in [5, 5.41) is 9.45. The molecular weight excluding hydrogens is 292 g/mol. The number of anilines is 2. The lowest BCUT2D eigenvalue weighted by Gasteiger charge is -2.09. The van der Waals surface area contributed by atoms with Crippen LogP contribution in [0.25, 0.3) is 0 Å². The van der Waals surface area contributed by atoms with Crippen LogP contribution in [0, 0.1) is 0 Å². The van der Waals surface area contributed by atoms with Gasteiger partial charge in [-0.1, -0.05) is 18.2 Å². The summed E-state index contributed by atoms with van der Waals surface area (Å²) in [6.45, 7) is 0. The van der Waals surface area contributed by atoms with Gasteiger partial charge < -0.3 is 10.1 Å². The molecule has 3 rings (SSSR count). The third-order valence-electron chi connectivity index (χ3n) is 3.15. The normalized spacial score (nSPS) is 10.1. The van der Waals surface area contributed by atoms with Crippen molar-refractivity contribution in [2.24, 2.45) is 7.05 Å². The highest BCUT2D eigenvalue weighted by Crippen LogP contribution is 2.22. The predicted octanol–water partition coefficient (Wildman–Crippen LogP) is 3.86. The number of aromatic nitrogens is 2. The van der Waals surface area contributed by atoms with Gasteiger partial charge in [-0.2, -0.15) is 5.10 Å². The molecule has 1 aromatic heterocycles. The molecule has 116 valence electrons. The van der Waals surface area contributed by atoms with Crippen LogP contribution in [0.3, 0.4) is 0 Å². The van der Waals surface area contributed by atoms with E-state index in [1.807, 2.05) is 30.3 Å². The molecule has 0 aliphatic heterocycles. The zero-order valence-corrected chi connectivity index (χ0v) is 12.6. The fraction of sp³-hybridized carbons (Fsp3) is 0.0588. The third-order valence-corrected chi connectivity index (χ3v) is 3.15. The highest BCUT2D eigenvalue weighted by Gasteiger charge is 2.05. The first-order valence-corrected chi connectivity index (χ1v) is 7.10. The van der Waals surface area contributed by atoms with Gasteiger partial charge in [-0.15, -0.1) is 0 Å². The molecule has 23 heavy (non-hydrogen) atoms. The van der Waals surface area contributed by atoms with E-state index in [9.17, 15) is 4.79 Å². The molecular formula is C17H16N4O2. The Balaban J connectivity index is 1.59. The second-order valence-electron chi connectivity index (χ2n) is 4.86. The summed E-state index contributed by atoms with van der Waals surface area (Å²) < 4.78 is 7.28. The molecule has 2 N–H and O–H groups in total. The molecule has 6 nitrogen and oxygen atoms in total. The van der Waals surface area contributed by atoms with Gasteiger partial charge in [-0.05, 0) is 36.4 Å². The van der Waals surface area contributed by atoms with Crippen molar-refractivity contribution in [1.29, 1.82) is 0 Å². The largest absolute Gasteiger partial charge is 0.457 e. The SMILES string of the molecule is Cn1nccc1NC(=O)Nc1ccc(Oc2ccccc2)cc1. The lowest BCUT2D eigenvalue weighted by atomic mass is 10.3. The Morgan fingerprint density at radius 3 is 2.30 bits per heavy atom. The van der Waals surface area contributed by atoms with Crippen LogP contribution in [-0.4, -0.2) is 15.8 Å². The number of amides is 2. The van der Waals surface area contributed by atoms with Crippen molar-refractivity contribution < 1.29 is 9.53 Å². The van der Waals surface area contributed by atoms with Crippen molar-refractivity contribution in [1.82, 2.24) is 9.78 Å². The van der Waals surface area contributed by atoms with Crippen molar-refractivity contribution >= 4 is 17.5 Å². The zero-order valence-electron chi connectivity index (χ0n) is 12.6. The maximum Gasteiger partial charge on any atom is 0.324 e. The van der Waals surface area contributed by atoms with Crippen LogP contribution >= 0.6 is 0 Å². The quantitative estimate of drug-likeness (QED) is 0.769. The number of nitrogens with one attached hydrogen (secondary N) is 2. The van der Waals surface area contributed by atoms with Crippen LogP contribution < -0.4 is 15.4 Å². The van der Waals surface area contributed by atoms with Gasteiger partial charge in [-0.3, -0.25) is 10.00 Å². The number of benzene rings is 2. The van der Waals surface area contributed by atoms with Gasteiger partial charge in [0.2, 0.25) is 0 Å². The van der Waals surface area contributed by atoms with E-state index in [1.54, 1.807) is 48.3 Å². The van der Waals surface area contributed by atoms with Crippen molar-refractivity contribution in [2.45, 2.75) is 0 Å². The smallest absolute Gasteiger partial charge is 0.324 e. The first kappa shape index (κ1) is 14.6. The van der Waals surface area contributed by atoms with E-state index in [-0.39, 0.29) is 6.03 Å². The first-order chi connectivity index (χ1) is 11.2. The minimum Gasteiger partial charge on any atom is -0.457 e. The lowest BCUT2D eigenvalue weighted by Crippen LogP contribution is -2.20. The predicted molar refractivity (Wildman–Crippen MR) is 88.8 cm³/mol. The fourth-order valence-corrected chi connectivity index (χ4v) is 2.01. The van der Waals surface area contributed by atoms with Crippen molar-refractivity contribution in [3.63, 3.8) is 0 Å².